The Kier molecular flexibility index (Phi) is 8.95. The molecule has 6 rings (SSSR count). The van der Waals surface area contributed by atoms with E-state index in [9.17, 15) is 14.4 Å². The molecule has 2 unspecified atom stereocenters. The summed E-state index contributed by atoms with van der Waals surface area (Å²) in [6.07, 6.45) is 0.643. The van der Waals surface area contributed by atoms with Crippen molar-refractivity contribution < 1.29 is 19.1 Å². The fraction of sp³-hybridized carbons (Fsp3) is 0.351. The largest absolute Gasteiger partial charge is 0.449 e. The molecule has 2 aliphatic rings. The van der Waals surface area contributed by atoms with Crippen LogP contribution in [0, 0.1) is 12.3 Å². The molecule has 1 aliphatic heterocycles. The lowest BCUT2D eigenvalue weighted by Crippen LogP contribution is -2.57. The first-order chi connectivity index (χ1) is 22.1. The Balaban J connectivity index is 1.07. The van der Waals surface area contributed by atoms with E-state index in [0.717, 1.165) is 44.0 Å². The number of ether oxygens (including phenoxy) is 1. The minimum atomic E-state index is -0.862. The number of likely N-dealkylation sites (tertiary alicyclic amines) is 1. The van der Waals surface area contributed by atoms with Crippen LogP contribution in [0.25, 0.3) is 21.6 Å². The van der Waals surface area contributed by atoms with Crippen molar-refractivity contribution in [2.45, 2.75) is 65.1 Å². The molecule has 0 radical (unpaired) electrons. The summed E-state index contributed by atoms with van der Waals surface area (Å²) in [5.41, 5.74) is 8.84. The first kappa shape index (κ1) is 31.5. The smallest absolute Gasteiger partial charge is 0.407 e. The minimum Gasteiger partial charge on any atom is -0.449 e. The number of alkyl carbamates (subject to hydrolysis) is 1. The second kappa shape index (κ2) is 13.1. The van der Waals surface area contributed by atoms with Crippen LogP contribution in [0.2, 0.25) is 0 Å². The third-order valence-corrected chi connectivity index (χ3v) is 9.96. The van der Waals surface area contributed by atoms with Crippen molar-refractivity contribution in [1.82, 2.24) is 20.5 Å². The van der Waals surface area contributed by atoms with Crippen molar-refractivity contribution in [2.75, 3.05) is 13.2 Å². The van der Waals surface area contributed by atoms with E-state index in [-0.39, 0.29) is 24.3 Å². The van der Waals surface area contributed by atoms with Crippen molar-refractivity contribution in [3.8, 4) is 21.6 Å². The number of carbonyl (C=O) groups is 3. The molecular weight excluding hydrogens is 596 g/mol. The van der Waals surface area contributed by atoms with Gasteiger partial charge in [0.15, 0.2) is 0 Å². The van der Waals surface area contributed by atoms with E-state index in [1.807, 2.05) is 81.7 Å². The van der Waals surface area contributed by atoms with Crippen LogP contribution in [0.1, 0.15) is 61.9 Å². The molecule has 3 amide bonds. The van der Waals surface area contributed by atoms with E-state index in [1.165, 1.54) is 0 Å². The predicted molar refractivity (Wildman–Crippen MR) is 180 cm³/mol. The Morgan fingerprint density at radius 3 is 2.24 bits per heavy atom. The van der Waals surface area contributed by atoms with E-state index in [1.54, 1.807) is 16.2 Å². The SMILES string of the molecule is Cc1ncsc1-c1ccc(CNC(=O)C2CCCN2C(=O)C(NC(=O)OCC2c3ccccc3-c3ccccc32)C(C)(C)C)cc1. The predicted octanol–water partition coefficient (Wildman–Crippen LogP) is 6.68. The molecular formula is C37H40N4O4S. The summed E-state index contributed by atoms with van der Waals surface area (Å²) in [6, 6.07) is 23.0. The minimum absolute atomic E-state index is 0.0818. The van der Waals surface area contributed by atoms with Gasteiger partial charge in [0, 0.05) is 19.0 Å². The van der Waals surface area contributed by atoms with Gasteiger partial charge in [-0.25, -0.2) is 9.78 Å². The molecule has 2 atom stereocenters. The molecule has 46 heavy (non-hydrogen) atoms. The summed E-state index contributed by atoms with van der Waals surface area (Å²) in [5, 5.41) is 5.88. The van der Waals surface area contributed by atoms with E-state index in [2.05, 4.69) is 39.9 Å². The van der Waals surface area contributed by atoms with E-state index in [4.69, 9.17) is 4.74 Å². The summed E-state index contributed by atoms with van der Waals surface area (Å²) in [5.74, 6) is -0.549. The van der Waals surface area contributed by atoms with Crippen LogP contribution in [-0.4, -0.2) is 53.0 Å². The molecule has 0 saturated carbocycles. The third-order valence-electron chi connectivity index (χ3n) is 8.99. The van der Waals surface area contributed by atoms with E-state index < -0.39 is 23.6 Å². The van der Waals surface area contributed by atoms with Crippen molar-refractivity contribution in [2.24, 2.45) is 5.41 Å². The van der Waals surface area contributed by atoms with Crippen LogP contribution in [0.3, 0.4) is 0 Å². The Morgan fingerprint density at radius 1 is 0.978 bits per heavy atom. The number of carbonyl (C=O) groups excluding carboxylic acids is 3. The monoisotopic (exact) mass is 636 g/mol. The molecule has 4 aromatic rings. The van der Waals surface area contributed by atoms with Crippen LogP contribution in [0.5, 0.6) is 0 Å². The summed E-state index contributed by atoms with van der Waals surface area (Å²) in [6.45, 7) is 8.68. The van der Waals surface area contributed by atoms with Crippen molar-refractivity contribution in [1.29, 1.82) is 0 Å². The van der Waals surface area contributed by atoms with E-state index >= 15 is 0 Å². The number of thiazole rings is 1. The molecule has 1 aromatic heterocycles. The number of hydrogen-bond donors (Lipinski definition) is 2. The number of amides is 3. The van der Waals surface area contributed by atoms with Gasteiger partial charge < -0.3 is 20.3 Å². The number of aromatic nitrogens is 1. The molecule has 1 saturated heterocycles. The number of benzene rings is 3. The molecule has 2 heterocycles. The molecule has 8 nitrogen and oxygen atoms in total. The highest BCUT2D eigenvalue weighted by Gasteiger charge is 2.42. The van der Waals surface area contributed by atoms with Gasteiger partial charge in [-0.05, 0) is 58.6 Å². The van der Waals surface area contributed by atoms with Crippen LogP contribution in [0.4, 0.5) is 4.79 Å². The number of nitrogens with zero attached hydrogens (tertiary/aromatic N) is 2. The van der Waals surface area contributed by atoms with Gasteiger partial charge in [-0.3, -0.25) is 9.59 Å². The maximum atomic E-state index is 14.0. The Labute approximate surface area is 274 Å². The number of aryl methyl sites for hydroxylation is 1. The molecule has 238 valence electrons. The Morgan fingerprint density at radius 2 is 1.63 bits per heavy atom. The van der Waals surface area contributed by atoms with Crippen LogP contribution in [-0.2, 0) is 20.9 Å². The summed E-state index contributed by atoms with van der Waals surface area (Å²) < 4.78 is 5.78. The van der Waals surface area contributed by atoms with Gasteiger partial charge in [-0.15, -0.1) is 11.3 Å². The normalized spacial score (nSPS) is 16.4. The fourth-order valence-corrected chi connectivity index (χ4v) is 7.35. The van der Waals surface area contributed by atoms with Crippen LogP contribution >= 0.6 is 11.3 Å². The highest BCUT2D eigenvalue weighted by molar-refractivity contribution is 7.13. The van der Waals surface area contributed by atoms with Crippen molar-refractivity contribution in [3.63, 3.8) is 0 Å². The molecule has 3 aromatic carbocycles. The number of hydrogen-bond acceptors (Lipinski definition) is 6. The second-order valence-electron chi connectivity index (χ2n) is 13.1. The standard InChI is InChI=1S/C37H40N4O4S/c1-23-32(46-22-39-23)25-17-15-24(16-18-25)20-38-34(42)31-14-9-19-41(31)35(43)33(37(2,3)4)40-36(44)45-21-30-28-12-7-5-10-26(28)27-11-6-8-13-29(27)30/h5-8,10-13,15-18,22,30-31,33H,9,14,19-21H2,1-4H3,(H,38,42)(H,40,44). The van der Waals surface area contributed by atoms with E-state index in [0.29, 0.717) is 25.9 Å². The summed E-state index contributed by atoms with van der Waals surface area (Å²) >= 11 is 1.60. The average Bonchev–Trinajstić information content (AvgIpc) is 3.79. The number of nitrogens with one attached hydrogen (secondary N) is 2. The van der Waals surface area contributed by atoms with Gasteiger partial charge >= 0.3 is 6.09 Å². The first-order valence-corrected chi connectivity index (χ1v) is 16.7. The molecule has 1 aliphatic carbocycles. The van der Waals surface area contributed by atoms with Crippen molar-refractivity contribution in [3.05, 3.63) is 101 Å². The topological polar surface area (TPSA) is 101 Å². The van der Waals surface area contributed by atoms with Crippen molar-refractivity contribution >= 4 is 29.2 Å². The van der Waals surface area contributed by atoms with Gasteiger partial charge in [-0.2, -0.15) is 0 Å². The maximum Gasteiger partial charge on any atom is 0.407 e. The van der Waals surface area contributed by atoms with Crippen LogP contribution in [0.15, 0.2) is 78.3 Å². The van der Waals surface area contributed by atoms with Gasteiger partial charge in [0.05, 0.1) is 16.1 Å². The Bertz CT molecular complexity index is 1700. The molecule has 9 heteroatoms. The number of rotatable bonds is 8. The summed E-state index contributed by atoms with van der Waals surface area (Å²) in [7, 11) is 0. The first-order valence-electron chi connectivity index (χ1n) is 15.8. The van der Waals surface area contributed by atoms with Gasteiger partial charge in [-0.1, -0.05) is 93.6 Å². The zero-order valence-corrected chi connectivity index (χ0v) is 27.5. The fourth-order valence-electron chi connectivity index (χ4n) is 6.54. The highest BCUT2D eigenvalue weighted by Crippen LogP contribution is 2.44. The van der Waals surface area contributed by atoms with Gasteiger partial charge in [0.1, 0.15) is 18.7 Å². The lowest BCUT2D eigenvalue weighted by atomic mass is 9.85. The summed E-state index contributed by atoms with van der Waals surface area (Å²) in [4.78, 5) is 47.6. The third kappa shape index (κ3) is 6.42. The quantitative estimate of drug-likeness (QED) is 0.225. The molecule has 0 bridgehead atoms. The molecule has 1 fully saturated rings. The van der Waals surface area contributed by atoms with Crippen LogP contribution < -0.4 is 10.6 Å². The van der Waals surface area contributed by atoms with Gasteiger partial charge in [0.2, 0.25) is 11.8 Å². The highest BCUT2D eigenvalue weighted by atomic mass is 32.1. The van der Waals surface area contributed by atoms with Gasteiger partial charge in [0.25, 0.3) is 0 Å². The number of fused-ring (bicyclic) bond motifs is 3. The zero-order valence-electron chi connectivity index (χ0n) is 26.7. The lowest BCUT2D eigenvalue weighted by molar-refractivity contribution is -0.142. The Hall–Kier alpha value is -4.50. The molecule has 0 spiro atoms. The average molecular weight is 637 g/mol. The second-order valence-corrected chi connectivity index (χ2v) is 14.0. The maximum absolute atomic E-state index is 14.0. The zero-order chi connectivity index (χ0) is 32.4. The molecule has 2 N–H and O–H groups in total. The lowest BCUT2D eigenvalue weighted by Gasteiger charge is -2.35.